The van der Waals surface area contributed by atoms with E-state index < -0.39 is 10.0 Å². The van der Waals surface area contributed by atoms with E-state index in [2.05, 4.69) is 9.71 Å². The highest BCUT2D eigenvalue weighted by atomic mass is 32.2. The largest absolute Gasteiger partial charge is 0.358 e. The van der Waals surface area contributed by atoms with Crippen molar-refractivity contribution in [1.82, 2.24) is 4.98 Å². The number of H-pyrrole nitrogens is 1. The molecular weight excluding hydrogens is 348 g/mol. The van der Waals surface area contributed by atoms with Crippen LogP contribution in [0.5, 0.6) is 0 Å². The third kappa shape index (κ3) is 3.24. The van der Waals surface area contributed by atoms with Crippen molar-refractivity contribution in [2.75, 3.05) is 4.72 Å². The van der Waals surface area contributed by atoms with Gasteiger partial charge < -0.3 is 4.98 Å². The third-order valence-electron chi connectivity index (χ3n) is 4.62. The number of aromatic amines is 1. The molecule has 136 valence electrons. The zero-order chi connectivity index (χ0) is 19.1. The van der Waals surface area contributed by atoms with Crippen molar-refractivity contribution >= 4 is 26.6 Å². The highest BCUT2D eigenvalue weighted by molar-refractivity contribution is 7.92. The fourth-order valence-corrected chi connectivity index (χ4v) is 4.10. The molecule has 3 aromatic rings. The summed E-state index contributed by atoms with van der Waals surface area (Å²) in [6.45, 7) is 7.49. The zero-order valence-corrected chi connectivity index (χ0v) is 16.1. The van der Waals surface area contributed by atoms with Crippen molar-refractivity contribution < 1.29 is 8.42 Å². The summed E-state index contributed by atoms with van der Waals surface area (Å²) in [5.41, 5.74) is 4.34. The molecule has 26 heavy (non-hydrogen) atoms. The molecule has 2 N–H and O–H groups in total. The van der Waals surface area contributed by atoms with Crippen LogP contribution in [0, 0.1) is 20.8 Å². The van der Waals surface area contributed by atoms with Gasteiger partial charge in [0.05, 0.1) is 10.6 Å². The highest BCUT2D eigenvalue weighted by Gasteiger charge is 2.17. The molecule has 0 unspecified atom stereocenters. The number of hydrogen-bond donors (Lipinski definition) is 2. The van der Waals surface area contributed by atoms with Crippen LogP contribution in [-0.4, -0.2) is 13.4 Å². The van der Waals surface area contributed by atoms with Crippen molar-refractivity contribution in [2.24, 2.45) is 0 Å². The van der Waals surface area contributed by atoms with Crippen LogP contribution in [0.1, 0.15) is 29.3 Å². The van der Waals surface area contributed by atoms with E-state index in [0.717, 1.165) is 23.2 Å². The lowest BCUT2D eigenvalue weighted by molar-refractivity contribution is 0.601. The van der Waals surface area contributed by atoms with Gasteiger partial charge in [-0.2, -0.15) is 0 Å². The monoisotopic (exact) mass is 370 g/mol. The lowest BCUT2D eigenvalue weighted by Crippen LogP contribution is -2.15. The first-order valence-corrected chi connectivity index (χ1v) is 9.97. The molecule has 3 rings (SSSR count). The Morgan fingerprint density at radius 2 is 1.69 bits per heavy atom. The first-order valence-electron chi connectivity index (χ1n) is 8.48. The van der Waals surface area contributed by atoms with E-state index in [1.54, 1.807) is 37.3 Å². The maximum absolute atomic E-state index is 12.7. The lowest BCUT2D eigenvalue weighted by Gasteiger charge is -2.13. The number of aromatic nitrogens is 1. The second kappa shape index (κ2) is 6.61. The smallest absolute Gasteiger partial charge is 0.261 e. The number of aryl methyl sites for hydroxylation is 3. The number of hydrogen-bond acceptors (Lipinski definition) is 3. The van der Waals surface area contributed by atoms with Gasteiger partial charge >= 0.3 is 0 Å². The molecule has 0 saturated heterocycles. The summed E-state index contributed by atoms with van der Waals surface area (Å²) in [6, 6.07) is 10.1. The Morgan fingerprint density at radius 3 is 2.31 bits per heavy atom. The molecule has 0 spiro atoms. The van der Waals surface area contributed by atoms with Gasteiger partial charge in [-0.15, -0.1) is 0 Å². The Labute approximate surface area is 153 Å². The average molecular weight is 370 g/mol. The number of nitrogens with one attached hydrogen (secondary N) is 2. The molecule has 0 bridgehead atoms. The maximum atomic E-state index is 12.7. The fraction of sp³-hybridized carbons (Fsp3) is 0.250. The summed E-state index contributed by atoms with van der Waals surface area (Å²) in [6.07, 6.45) is 0.734. The number of benzene rings is 2. The second-order valence-electron chi connectivity index (χ2n) is 6.54. The number of pyridine rings is 1. The average Bonchev–Trinajstić information content (AvgIpc) is 2.59. The van der Waals surface area contributed by atoms with E-state index in [1.807, 2.05) is 26.8 Å². The van der Waals surface area contributed by atoms with Crippen LogP contribution in [0.25, 0.3) is 10.9 Å². The molecule has 1 aromatic heterocycles. The van der Waals surface area contributed by atoms with Gasteiger partial charge in [-0.3, -0.25) is 9.52 Å². The fourth-order valence-electron chi connectivity index (χ4n) is 2.98. The Kier molecular flexibility index (Phi) is 4.63. The predicted molar refractivity (Wildman–Crippen MR) is 105 cm³/mol. The molecule has 0 aliphatic carbocycles. The SMILES string of the molecule is CCc1[nH]c2cc(C)c(NS(=O)(=O)c3ccc(C)cc3)cc2c(=O)c1C. The van der Waals surface area contributed by atoms with Gasteiger partial charge in [0, 0.05) is 22.2 Å². The summed E-state index contributed by atoms with van der Waals surface area (Å²) in [5, 5.41) is 0.479. The minimum atomic E-state index is -3.72. The Bertz CT molecular complexity index is 1140. The third-order valence-corrected chi connectivity index (χ3v) is 6.00. The van der Waals surface area contributed by atoms with E-state index in [9.17, 15) is 13.2 Å². The quantitative estimate of drug-likeness (QED) is 0.733. The normalized spacial score (nSPS) is 11.7. The van der Waals surface area contributed by atoms with Crippen LogP contribution in [0.3, 0.4) is 0 Å². The molecule has 0 amide bonds. The minimum Gasteiger partial charge on any atom is -0.358 e. The van der Waals surface area contributed by atoms with E-state index in [-0.39, 0.29) is 10.3 Å². The Morgan fingerprint density at radius 1 is 1.04 bits per heavy atom. The van der Waals surface area contributed by atoms with Crippen LogP contribution < -0.4 is 10.2 Å². The van der Waals surface area contributed by atoms with E-state index in [4.69, 9.17) is 0 Å². The van der Waals surface area contributed by atoms with Gasteiger partial charge in [0.2, 0.25) is 0 Å². The van der Waals surface area contributed by atoms with E-state index >= 15 is 0 Å². The first-order chi connectivity index (χ1) is 12.2. The molecule has 1 heterocycles. The Balaban J connectivity index is 2.11. The van der Waals surface area contributed by atoms with Gasteiger partial charge in [0.1, 0.15) is 0 Å². The molecule has 2 aromatic carbocycles. The Hall–Kier alpha value is -2.60. The molecule has 0 fully saturated rings. The van der Waals surface area contributed by atoms with Crippen molar-refractivity contribution in [3.05, 3.63) is 69.0 Å². The predicted octanol–water partition coefficient (Wildman–Crippen LogP) is 3.82. The second-order valence-corrected chi connectivity index (χ2v) is 8.22. The molecular formula is C20H22N2O3S. The summed E-state index contributed by atoms with van der Waals surface area (Å²) in [4.78, 5) is 16.1. The minimum absolute atomic E-state index is 0.0774. The molecule has 0 aliphatic rings. The van der Waals surface area contributed by atoms with Crippen molar-refractivity contribution in [2.45, 2.75) is 39.0 Å². The van der Waals surface area contributed by atoms with Gasteiger partial charge in [-0.05, 0) is 57.0 Å². The van der Waals surface area contributed by atoms with Gasteiger partial charge in [0.25, 0.3) is 10.0 Å². The standard InChI is InChI=1S/C20H22N2O3S/c1-5-17-14(4)20(23)16-11-18(13(3)10-19(16)21-17)22-26(24,25)15-8-6-12(2)7-9-15/h6-11,22H,5H2,1-4H3,(H,21,23). The van der Waals surface area contributed by atoms with Gasteiger partial charge in [0.15, 0.2) is 5.43 Å². The van der Waals surface area contributed by atoms with Crippen molar-refractivity contribution in [3.8, 4) is 0 Å². The summed E-state index contributed by atoms with van der Waals surface area (Å²) in [7, 11) is -3.72. The van der Waals surface area contributed by atoms with Crippen LogP contribution in [0.15, 0.2) is 46.1 Å². The molecule has 6 heteroatoms. The van der Waals surface area contributed by atoms with Gasteiger partial charge in [-0.25, -0.2) is 8.42 Å². The summed E-state index contributed by atoms with van der Waals surface area (Å²) in [5.74, 6) is 0. The molecule has 0 atom stereocenters. The maximum Gasteiger partial charge on any atom is 0.261 e. The number of anilines is 1. The number of sulfonamides is 1. The number of rotatable bonds is 4. The van der Waals surface area contributed by atoms with Crippen LogP contribution in [0.2, 0.25) is 0 Å². The van der Waals surface area contributed by atoms with E-state index in [1.165, 1.54) is 0 Å². The van der Waals surface area contributed by atoms with E-state index in [0.29, 0.717) is 22.2 Å². The van der Waals surface area contributed by atoms with Crippen LogP contribution in [-0.2, 0) is 16.4 Å². The molecule has 0 aliphatic heterocycles. The lowest BCUT2D eigenvalue weighted by atomic mass is 10.1. The molecule has 0 saturated carbocycles. The summed E-state index contributed by atoms with van der Waals surface area (Å²) < 4.78 is 27.9. The van der Waals surface area contributed by atoms with Crippen LogP contribution >= 0.6 is 0 Å². The zero-order valence-electron chi connectivity index (χ0n) is 15.3. The topological polar surface area (TPSA) is 79.0 Å². The van der Waals surface area contributed by atoms with Crippen molar-refractivity contribution in [1.29, 1.82) is 0 Å². The molecule has 5 nitrogen and oxygen atoms in total. The summed E-state index contributed by atoms with van der Waals surface area (Å²) >= 11 is 0. The first kappa shape index (κ1) is 18.2. The highest BCUT2D eigenvalue weighted by Crippen LogP contribution is 2.24. The van der Waals surface area contributed by atoms with Crippen LogP contribution in [0.4, 0.5) is 5.69 Å². The van der Waals surface area contributed by atoms with Gasteiger partial charge in [-0.1, -0.05) is 24.6 Å². The number of fused-ring (bicyclic) bond motifs is 1. The molecule has 0 radical (unpaired) electrons. The van der Waals surface area contributed by atoms with Crippen molar-refractivity contribution in [3.63, 3.8) is 0 Å².